The van der Waals surface area contributed by atoms with Crippen molar-refractivity contribution in [1.29, 1.82) is 0 Å². The first-order valence-corrected chi connectivity index (χ1v) is 9.36. The van der Waals surface area contributed by atoms with Gasteiger partial charge in [0, 0.05) is 30.8 Å². The summed E-state index contributed by atoms with van der Waals surface area (Å²) in [6.07, 6.45) is -3.62. The number of aromatic nitrogens is 5. The molecule has 0 aromatic carbocycles. The van der Waals surface area contributed by atoms with Crippen LogP contribution in [0, 0.1) is 0 Å². The first-order chi connectivity index (χ1) is 14.1. The summed E-state index contributed by atoms with van der Waals surface area (Å²) in [7, 11) is 1.59. The van der Waals surface area contributed by atoms with Gasteiger partial charge in [-0.1, -0.05) is 5.21 Å². The van der Waals surface area contributed by atoms with Crippen LogP contribution in [-0.4, -0.2) is 55.5 Å². The summed E-state index contributed by atoms with van der Waals surface area (Å²) >= 11 is 0. The van der Waals surface area contributed by atoms with Crippen LogP contribution in [0.25, 0.3) is 0 Å². The lowest BCUT2D eigenvalue weighted by Gasteiger charge is -2.18. The van der Waals surface area contributed by atoms with E-state index in [1.165, 1.54) is 17.8 Å². The predicted octanol–water partition coefficient (Wildman–Crippen LogP) is 2.49. The smallest absolute Gasteiger partial charge is 0.407 e. The number of nitrogens with zero attached hydrogens (tertiary/aromatic N) is 4. The molecule has 13 heteroatoms. The Morgan fingerprint density at radius 2 is 2.17 bits per heavy atom. The Kier molecular flexibility index (Phi) is 6.27. The van der Waals surface area contributed by atoms with Crippen LogP contribution in [-0.2, 0) is 11.8 Å². The van der Waals surface area contributed by atoms with Gasteiger partial charge in [0.1, 0.15) is 11.8 Å². The lowest BCUT2D eigenvalue weighted by Crippen LogP contribution is -2.37. The largest absolute Gasteiger partial charge is 0.446 e. The van der Waals surface area contributed by atoms with Crippen molar-refractivity contribution in [2.75, 3.05) is 5.32 Å². The Balaban J connectivity index is 1.48. The van der Waals surface area contributed by atoms with Crippen molar-refractivity contribution in [3.05, 3.63) is 23.7 Å². The van der Waals surface area contributed by atoms with Gasteiger partial charge < -0.3 is 15.4 Å². The molecule has 3 atom stereocenters. The summed E-state index contributed by atoms with van der Waals surface area (Å²) < 4.78 is 43.6. The maximum absolute atomic E-state index is 12.3. The van der Waals surface area contributed by atoms with Gasteiger partial charge in [0.05, 0.1) is 12.6 Å². The molecule has 0 aliphatic heterocycles. The van der Waals surface area contributed by atoms with Crippen LogP contribution < -0.4 is 10.6 Å². The van der Waals surface area contributed by atoms with Crippen molar-refractivity contribution in [1.82, 2.24) is 30.5 Å². The highest BCUT2D eigenvalue weighted by molar-refractivity contribution is 6.02. The van der Waals surface area contributed by atoms with Crippen molar-refractivity contribution in [2.24, 2.45) is 7.05 Å². The average molecular weight is 429 g/mol. The van der Waals surface area contributed by atoms with Crippen molar-refractivity contribution in [3.8, 4) is 0 Å². The van der Waals surface area contributed by atoms with Gasteiger partial charge in [0.25, 0.3) is 5.91 Å². The van der Waals surface area contributed by atoms with Crippen LogP contribution in [0.5, 0.6) is 0 Å². The van der Waals surface area contributed by atoms with E-state index < -0.39 is 36.7 Å². The molecular formula is C17H22F3N7O3. The van der Waals surface area contributed by atoms with Crippen molar-refractivity contribution in [3.63, 3.8) is 0 Å². The summed E-state index contributed by atoms with van der Waals surface area (Å²) in [4.78, 5) is 24.0. The molecule has 164 valence electrons. The number of alkyl carbamates (subject to hydrolysis) is 1. The summed E-state index contributed by atoms with van der Waals surface area (Å²) in [5.74, 6) is -0.0518. The number of rotatable bonds is 6. The van der Waals surface area contributed by atoms with E-state index in [2.05, 4.69) is 31.1 Å². The van der Waals surface area contributed by atoms with Gasteiger partial charge in [0.2, 0.25) is 0 Å². The second-order valence-electron chi connectivity index (χ2n) is 7.31. The molecule has 0 saturated heterocycles. The molecule has 10 nitrogen and oxygen atoms in total. The zero-order valence-corrected chi connectivity index (χ0v) is 16.4. The van der Waals surface area contributed by atoms with E-state index in [9.17, 15) is 22.8 Å². The van der Waals surface area contributed by atoms with E-state index in [1.807, 2.05) is 0 Å². The summed E-state index contributed by atoms with van der Waals surface area (Å²) in [5.41, 5.74) is 1.05. The number of alkyl halides is 3. The summed E-state index contributed by atoms with van der Waals surface area (Å²) in [6.45, 7) is 1.27. The van der Waals surface area contributed by atoms with Crippen molar-refractivity contribution < 1.29 is 27.5 Å². The fourth-order valence-electron chi connectivity index (χ4n) is 3.40. The molecule has 2 aromatic heterocycles. The number of H-pyrrole nitrogens is 1. The third-order valence-electron chi connectivity index (χ3n) is 4.79. The first-order valence-electron chi connectivity index (χ1n) is 9.36. The summed E-state index contributed by atoms with van der Waals surface area (Å²) in [6, 6.07) is 0.628. The molecule has 1 aliphatic carbocycles. The first kappa shape index (κ1) is 21.6. The molecule has 0 unspecified atom stereocenters. The minimum absolute atomic E-state index is 0.0203. The number of amides is 2. The third-order valence-corrected chi connectivity index (χ3v) is 4.79. The van der Waals surface area contributed by atoms with E-state index >= 15 is 0 Å². The highest BCUT2D eigenvalue weighted by atomic mass is 19.4. The normalized spacial score (nSPS) is 20.0. The third kappa shape index (κ3) is 5.70. The van der Waals surface area contributed by atoms with Crippen molar-refractivity contribution in [2.45, 2.75) is 56.8 Å². The number of ether oxygens (including phenoxy) is 1. The summed E-state index contributed by atoms with van der Waals surface area (Å²) in [5, 5.41) is 19.1. The number of anilines is 1. The van der Waals surface area contributed by atoms with Gasteiger partial charge in [0.15, 0.2) is 5.82 Å². The zero-order valence-electron chi connectivity index (χ0n) is 16.4. The molecule has 0 radical (unpaired) electrons. The molecule has 2 heterocycles. The number of aryl methyl sites for hydroxylation is 1. The standard InChI is InChI=1S/C17H22F3N7O3/c1-9(7-17(18,19)20)22-16(29)30-11-4-3-10(5-11)12-6-14(25-24-12)23-15(28)13-8-21-26-27(13)2/h6,8-11H,3-5,7H2,1-2H3,(H,22,29)(H2,23,24,25,28)/t9-,10-,11+/m0/s1. The van der Waals surface area contributed by atoms with E-state index in [0.717, 1.165) is 5.69 Å². The molecule has 0 bridgehead atoms. The van der Waals surface area contributed by atoms with Crippen molar-refractivity contribution >= 4 is 17.8 Å². The Morgan fingerprint density at radius 1 is 1.40 bits per heavy atom. The van der Waals surface area contributed by atoms with E-state index in [-0.39, 0.29) is 11.6 Å². The molecule has 1 saturated carbocycles. The number of carbonyl (C=O) groups is 2. The minimum atomic E-state index is -4.36. The van der Waals surface area contributed by atoms with E-state index in [1.54, 1.807) is 13.1 Å². The van der Waals surface area contributed by atoms with Crippen LogP contribution in [0.3, 0.4) is 0 Å². The zero-order chi connectivity index (χ0) is 21.9. The Hall–Kier alpha value is -3.12. The number of hydrogen-bond donors (Lipinski definition) is 3. The second kappa shape index (κ2) is 8.71. The number of halogens is 3. The lowest BCUT2D eigenvalue weighted by molar-refractivity contribution is -0.138. The van der Waals surface area contributed by atoms with Gasteiger partial charge >= 0.3 is 12.3 Å². The van der Waals surface area contributed by atoms with E-state index in [0.29, 0.717) is 25.1 Å². The van der Waals surface area contributed by atoms with Crippen LogP contribution in [0.1, 0.15) is 54.7 Å². The maximum Gasteiger partial charge on any atom is 0.407 e. The molecule has 3 N–H and O–H groups in total. The quantitative estimate of drug-likeness (QED) is 0.648. The molecule has 3 rings (SSSR count). The lowest BCUT2D eigenvalue weighted by atomic mass is 10.0. The van der Waals surface area contributed by atoms with Gasteiger partial charge in [-0.2, -0.15) is 18.3 Å². The fraction of sp³-hybridized carbons (Fsp3) is 0.588. The highest BCUT2D eigenvalue weighted by Gasteiger charge is 2.33. The van der Waals surface area contributed by atoms with Gasteiger partial charge in [-0.25, -0.2) is 9.48 Å². The maximum atomic E-state index is 12.3. The molecule has 0 spiro atoms. The van der Waals surface area contributed by atoms with Crippen LogP contribution >= 0.6 is 0 Å². The van der Waals surface area contributed by atoms with E-state index in [4.69, 9.17) is 4.74 Å². The van der Waals surface area contributed by atoms with Gasteiger partial charge in [-0.15, -0.1) is 5.10 Å². The van der Waals surface area contributed by atoms with Crippen LogP contribution in [0.4, 0.5) is 23.8 Å². The number of nitrogens with one attached hydrogen (secondary N) is 3. The molecule has 1 aliphatic rings. The molecule has 2 amide bonds. The fourth-order valence-corrected chi connectivity index (χ4v) is 3.40. The van der Waals surface area contributed by atoms with Gasteiger partial charge in [-0.05, 0) is 26.2 Å². The van der Waals surface area contributed by atoms with Crippen LogP contribution in [0.2, 0.25) is 0 Å². The SMILES string of the molecule is C[C@@H](CC(F)(F)F)NC(=O)O[C@@H]1CC[C@H](c2cc(NC(=O)c3cnnn3C)n[nH]2)C1. The molecule has 2 aromatic rings. The van der Waals surface area contributed by atoms with Gasteiger partial charge in [-0.3, -0.25) is 9.89 Å². The average Bonchev–Trinajstić information content (AvgIpc) is 3.33. The Bertz CT molecular complexity index is 895. The monoisotopic (exact) mass is 429 g/mol. The second-order valence-corrected chi connectivity index (χ2v) is 7.31. The minimum Gasteiger partial charge on any atom is -0.446 e. The topological polar surface area (TPSA) is 127 Å². The Morgan fingerprint density at radius 3 is 2.83 bits per heavy atom. The Labute approximate surface area is 169 Å². The predicted molar refractivity (Wildman–Crippen MR) is 97.7 cm³/mol. The molecule has 1 fully saturated rings. The molecular weight excluding hydrogens is 407 g/mol. The number of aromatic amines is 1. The number of carbonyl (C=O) groups excluding carboxylic acids is 2. The highest BCUT2D eigenvalue weighted by Crippen LogP contribution is 2.36. The molecule has 30 heavy (non-hydrogen) atoms. The van der Waals surface area contributed by atoms with Crippen LogP contribution in [0.15, 0.2) is 12.3 Å². The number of hydrogen-bond acceptors (Lipinski definition) is 6.